The van der Waals surface area contributed by atoms with Crippen LogP contribution in [-0.2, 0) is 14.3 Å². The molecule has 0 bridgehead atoms. The molecule has 0 spiro atoms. The molecule has 0 aromatic heterocycles. The van der Waals surface area contributed by atoms with E-state index in [1.807, 2.05) is 0 Å². The third kappa shape index (κ3) is 4.25. The van der Waals surface area contributed by atoms with Crippen molar-refractivity contribution in [1.29, 1.82) is 0 Å². The summed E-state index contributed by atoms with van der Waals surface area (Å²) in [5, 5.41) is 15.0. The number of carbonyl (C=O) groups excluding carboxylic acids is 1. The fraction of sp³-hybridized carbons (Fsp3) is 0.964. The lowest BCUT2D eigenvalue weighted by Gasteiger charge is -2.64. The van der Waals surface area contributed by atoms with Crippen molar-refractivity contribution in [3.63, 3.8) is 0 Å². The molecule has 0 amide bonds. The van der Waals surface area contributed by atoms with Gasteiger partial charge in [-0.2, -0.15) is 0 Å². The molecule has 5 fully saturated rings. The second-order valence-corrected chi connectivity index (χ2v) is 12.8. The Hall–Kier alpha value is -0.360. The van der Waals surface area contributed by atoms with Gasteiger partial charge >= 0.3 is 5.97 Å². The minimum absolute atomic E-state index is 0. The van der Waals surface area contributed by atoms with E-state index >= 15 is 0 Å². The molecule has 5 aliphatic carbocycles. The van der Waals surface area contributed by atoms with Crippen LogP contribution in [0.25, 0.3) is 0 Å². The molecule has 6 heteroatoms. The molecule has 0 saturated heterocycles. The van der Waals surface area contributed by atoms with Crippen molar-refractivity contribution in [2.45, 2.75) is 115 Å². The van der Waals surface area contributed by atoms with E-state index in [1.54, 1.807) is 14.2 Å². The minimum atomic E-state index is -0.335. The van der Waals surface area contributed by atoms with E-state index in [9.17, 15) is 9.90 Å². The van der Waals surface area contributed by atoms with Gasteiger partial charge in [-0.15, -0.1) is 12.4 Å². The highest BCUT2D eigenvalue weighted by atomic mass is 35.5. The Morgan fingerprint density at radius 2 is 1.68 bits per heavy atom. The Balaban J connectivity index is 0.00000274. The summed E-state index contributed by atoms with van der Waals surface area (Å²) in [5.41, 5.74) is 0.207. The van der Waals surface area contributed by atoms with Gasteiger partial charge in [0.25, 0.3) is 0 Å². The van der Waals surface area contributed by atoms with Crippen molar-refractivity contribution < 1.29 is 19.4 Å². The monoisotopic (exact) mass is 497 g/mol. The van der Waals surface area contributed by atoms with Crippen LogP contribution in [0.4, 0.5) is 0 Å². The normalized spacial score (nSPS) is 48.7. The molecule has 0 aromatic rings. The first-order valence-corrected chi connectivity index (χ1v) is 13.9. The number of hydrogen-bond donors (Lipinski definition) is 2. The van der Waals surface area contributed by atoms with Gasteiger partial charge < -0.3 is 19.9 Å². The van der Waals surface area contributed by atoms with Crippen LogP contribution in [0.3, 0.4) is 0 Å². The first kappa shape index (κ1) is 26.7. The van der Waals surface area contributed by atoms with Gasteiger partial charge in [0.2, 0.25) is 0 Å². The van der Waals surface area contributed by atoms with Gasteiger partial charge in [0.1, 0.15) is 0 Å². The predicted octanol–water partition coefficient (Wildman–Crippen LogP) is 5.13. The molecule has 196 valence electrons. The van der Waals surface area contributed by atoms with Crippen molar-refractivity contribution in [1.82, 2.24) is 5.32 Å². The van der Waals surface area contributed by atoms with Crippen LogP contribution < -0.4 is 5.32 Å². The van der Waals surface area contributed by atoms with E-state index < -0.39 is 0 Å². The minimum Gasteiger partial charge on any atom is -0.469 e. The number of carbonyl (C=O) groups is 1. The Morgan fingerprint density at radius 3 is 2.35 bits per heavy atom. The van der Waals surface area contributed by atoms with Crippen molar-refractivity contribution >= 4 is 18.4 Å². The molecule has 0 heterocycles. The number of esters is 1. The molecule has 5 saturated carbocycles. The lowest BCUT2D eigenvalue weighted by atomic mass is 9.43. The summed E-state index contributed by atoms with van der Waals surface area (Å²) in [4.78, 5) is 12.9. The van der Waals surface area contributed by atoms with Gasteiger partial charge in [0.15, 0.2) is 0 Å². The van der Waals surface area contributed by atoms with Crippen molar-refractivity contribution in [3.8, 4) is 0 Å². The van der Waals surface area contributed by atoms with E-state index in [4.69, 9.17) is 9.47 Å². The highest BCUT2D eigenvalue weighted by Gasteiger charge is 2.65. The van der Waals surface area contributed by atoms with Crippen LogP contribution in [0.15, 0.2) is 0 Å². The number of halogens is 1. The summed E-state index contributed by atoms with van der Waals surface area (Å²) < 4.78 is 11.1. The quantitative estimate of drug-likeness (QED) is 0.527. The lowest BCUT2D eigenvalue weighted by Crippen LogP contribution is -2.65. The molecule has 10 atom stereocenters. The van der Waals surface area contributed by atoms with Gasteiger partial charge in [0.05, 0.1) is 25.2 Å². The van der Waals surface area contributed by atoms with Crippen LogP contribution in [-0.4, -0.2) is 49.6 Å². The molecule has 5 nitrogen and oxygen atoms in total. The Morgan fingerprint density at radius 1 is 0.941 bits per heavy atom. The molecule has 5 rings (SSSR count). The van der Waals surface area contributed by atoms with Crippen LogP contribution in [0.2, 0.25) is 0 Å². The largest absolute Gasteiger partial charge is 0.469 e. The summed E-state index contributed by atoms with van der Waals surface area (Å²) in [6.07, 6.45) is 13.7. The fourth-order valence-corrected chi connectivity index (χ4v) is 9.94. The topological polar surface area (TPSA) is 67.8 Å². The van der Waals surface area contributed by atoms with E-state index in [1.165, 1.54) is 44.9 Å². The van der Waals surface area contributed by atoms with E-state index in [0.717, 1.165) is 32.1 Å². The van der Waals surface area contributed by atoms with Crippen LogP contribution >= 0.6 is 12.4 Å². The van der Waals surface area contributed by atoms with Crippen LogP contribution in [0, 0.1) is 40.4 Å². The average Bonchev–Trinajstić information content (AvgIpc) is 3.15. The number of nitrogens with one attached hydrogen (secondary N) is 1. The number of aliphatic hydroxyl groups excluding tert-OH is 1. The Kier molecular flexibility index (Phi) is 8.00. The smallest absolute Gasteiger partial charge is 0.309 e. The highest BCUT2D eigenvalue weighted by Crippen LogP contribution is 2.67. The maximum Gasteiger partial charge on any atom is 0.309 e. The lowest BCUT2D eigenvalue weighted by molar-refractivity contribution is -0.180. The maximum atomic E-state index is 12.9. The average molecular weight is 498 g/mol. The molecule has 0 aliphatic heterocycles. The third-order valence-electron chi connectivity index (χ3n) is 11.5. The summed E-state index contributed by atoms with van der Waals surface area (Å²) in [5.74, 6) is 2.45. The number of aliphatic hydroxyl groups is 1. The maximum absolute atomic E-state index is 12.9. The Bertz CT molecular complexity index is 729. The zero-order valence-electron chi connectivity index (χ0n) is 21.8. The highest BCUT2D eigenvalue weighted by molar-refractivity contribution is 5.85. The van der Waals surface area contributed by atoms with Crippen molar-refractivity contribution in [2.24, 2.45) is 40.4 Å². The van der Waals surface area contributed by atoms with Crippen LogP contribution in [0.1, 0.15) is 90.9 Å². The fourth-order valence-electron chi connectivity index (χ4n) is 9.94. The summed E-state index contributed by atoms with van der Waals surface area (Å²) in [7, 11) is 3.33. The zero-order valence-corrected chi connectivity index (χ0v) is 22.6. The van der Waals surface area contributed by atoms with Gasteiger partial charge in [-0.25, -0.2) is 0 Å². The molecular weight excluding hydrogens is 450 g/mol. The van der Waals surface area contributed by atoms with Gasteiger partial charge in [-0.1, -0.05) is 33.1 Å². The van der Waals surface area contributed by atoms with Crippen LogP contribution in [0.5, 0.6) is 0 Å². The molecule has 0 radical (unpaired) electrons. The molecular formula is C28H48ClNO4. The first-order chi connectivity index (χ1) is 15.8. The summed E-state index contributed by atoms with van der Waals surface area (Å²) in [6, 6.07) is 1.05. The molecule has 34 heavy (non-hydrogen) atoms. The van der Waals surface area contributed by atoms with E-state index in [2.05, 4.69) is 19.2 Å². The van der Waals surface area contributed by atoms with Crippen molar-refractivity contribution in [3.05, 3.63) is 0 Å². The number of methoxy groups -OCH3 is 2. The van der Waals surface area contributed by atoms with Gasteiger partial charge in [-0.3, -0.25) is 4.79 Å². The predicted molar refractivity (Wildman–Crippen MR) is 136 cm³/mol. The molecule has 2 N–H and O–H groups in total. The van der Waals surface area contributed by atoms with E-state index in [0.29, 0.717) is 35.8 Å². The number of ether oxygens (including phenoxy) is 2. The van der Waals surface area contributed by atoms with Gasteiger partial charge in [-0.05, 0) is 92.3 Å². The second kappa shape index (κ2) is 10.2. The second-order valence-electron chi connectivity index (χ2n) is 12.8. The first-order valence-electron chi connectivity index (χ1n) is 13.9. The number of hydrogen-bond acceptors (Lipinski definition) is 5. The molecule has 0 unspecified atom stereocenters. The number of rotatable bonds is 4. The third-order valence-corrected chi connectivity index (χ3v) is 11.5. The summed E-state index contributed by atoms with van der Waals surface area (Å²) >= 11 is 0. The summed E-state index contributed by atoms with van der Waals surface area (Å²) in [6.45, 7) is 4.94. The molecule has 5 aliphatic rings. The zero-order chi connectivity index (χ0) is 23.4. The van der Waals surface area contributed by atoms with Gasteiger partial charge in [0, 0.05) is 19.2 Å². The standard InChI is InChI=1S/C28H47NO4.ClH/c1-27-16-24(32-3)23(30)14-17(27)10-11-19-20-12-13-21(26(31)33-4)28(20,2)15-22(25(19)27)29-18-8-6-5-7-9-18;/h17-25,29-30H,5-16H2,1-4H3;1H/t17-,19-,20-,21+,22+,23-,24-,25+,27-,28-;/m0./s1. The van der Waals surface area contributed by atoms with E-state index in [-0.39, 0.29) is 47.3 Å². The number of fused-ring (bicyclic) bond motifs is 5. The van der Waals surface area contributed by atoms with Crippen molar-refractivity contribution in [2.75, 3.05) is 14.2 Å². The molecule has 0 aromatic carbocycles. The Labute approximate surface area is 212 Å². The SMILES string of the molecule is COC(=O)[C@H]1CC[C@H]2[C@@H]3CC[C@H]4C[C@H](O)[C@@H](OC)C[C@]4(C)[C@H]3[C@H](NC3CCCCC3)C[C@]12C.Cl.